The van der Waals surface area contributed by atoms with Crippen LogP contribution in [0.15, 0.2) is 0 Å². The number of esters is 1. The van der Waals surface area contributed by atoms with E-state index in [4.69, 9.17) is 5.73 Å². The number of nitrogens with one attached hydrogen (secondary N) is 1. The summed E-state index contributed by atoms with van der Waals surface area (Å²) in [5.41, 5.74) is 5.58. The highest BCUT2D eigenvalue weighted by atomic mass is 32.2. The summed E-state index contributed by atoms with van der Waals surface area (Å²) in [4.78, 5) is 11.3. The molecule has 0 radical (unpaired) electrons. The van der Waals surface area contributed by atoms with Crippen LogP contribution in [0.2, 0.25) is 0 Å². The van der Waals surface area contributed by atoms with Crippen LogP contribution >= 0.6 is 0 Å². The van der Waals surface area contributed by atoms with E-state index < -0.39 is 10.2 Å². The maximum absolute atomic E-state index is 12.0. The van der Waals surface area contributed by atoms with Crippen molar-refractivity contribution in [2.45, 2.75) is 31.3 Å². The molecule has 0 amide bonds. The van der Waals surface area contributed by atoms with E-state index in [2.05, 4.69) is 9.46 Å². The lowest BCUT2D eigenvalue weighted by Crippen LogP contribution is -2.47. The Labute approximate surface area is 107 Å². The van der Waals surface area contributed by atoms with Crippen molar-refractivity contribution in [2.75, 3.05) is 20.2 Å². The molecule has 2 rings (SSSR count). The maximum Gasteiger partial charge on any atom is 0.308 e. The molecule has 2 unspecified atom stereocenters. The number of hydrogen-bond donors (Lipinski definition) is 2. The summed E-state index contributed by atoms with van der Waals surface area (Å²) >= 11 is 0. The van der Waals surface area contributed by atoms with Gasteiger partial charge in [-0.1, -0.05) is 0 Å². The Hall–Kier alpha value is -0.700. The molecule has 0 spiro atoms. The molecule has 18 heavy (non-hydrogen) atoms. The van der Waals surface area contributed by atoms with Crippen LogP contribution < -0.4 is 10.5 Å². The second-order valence-electron chi connectivity index (χ2n) is 4.83. The van der Waals surface area contributed by atoms with Crippen molar-refractivity contribution < 1.29 is 17.9 Å². The molecule has 2 fully saturated rings. The highest BCUT2D eigenvalue weighted by Gasteiger charge is 2.40. The summed E-state index contributed by atoms with van der Waals surface area (Å²) in [6.07, 6.45) is 1.70. The topological polar surface area (TPSA) is 102 Å². The number of carbonyl (C=O) groups excluding carboxylic acids is 1. The first-order valence-corrected chi connectivity index (χ1v) is 7.49. The lowest BCUT2D eigenvalue weighted by molar-refractivity contribution is -0.146. The summed E-state index contributed by atoms with van der Waals surface area (Å²) in [5.74, 6) is -0.450. The van der Waals surface area contributed by atoms with Gasteiger partial charge in [-0.15, -0.1) is 0 Å². The summed E-state index contributed by atoms with van der Waals surface area (Å²) in [5, 5.41) is 0. The number of hydrogen-bond acceptors (Lipinski definition) is 5. The van der Waals surface area contributed by atoms with E-state index >= 15 is 0 Å². The first-order valence-electron chi connectivity index (χ1n) is 6.05. The van der Waals surface area contributed by atoms with E-state index in [0.717, 1.165) is 0 Å². The van der Waals surface area contributed by atoms with Crippen LogP contribution in [-0.4, -0.2) is 51.0 Å². The average Bonchev–Trinajstić information content (AvgIpc) is 3.03. The lowest BCUT2D eigenvalue weighted by Gasteiger charge is -2.29. The van der Waals surface area contributed by atoms with Crippen molar-refractivity contribution in [3.63, 3.8) is 0 Å². The fourth-order valence-electron chi connectivity index (χ4n) is 2.11. The van der Waals surface area contributed by atoms with Gasteiger partial charge in [-0.3, -0.25) is 4.79 Å². The maximum atomic E-state index is 12.0. The lowest BCUT2D eigenvalue weighted by atomic mass is 9.99. The van der Waals surface area contributed by atoms with Gasteiger partial charge in [0.1, 0.15) is 0 Å². The SMILES string of the molecule is COC(=O)C1CCN(S(=O)(=O)NC2CC2N)CC1. The van der Waals surface area contributed by atoms with Crippen LogP contribution in [0.5, 0.6) is 0 Å². The predicted octanol–water partition coefficient (Wildman–Crippen LogP) is -1.19. The van der Waals surface area contributed by atoms with Gasteiger partial charge in [0.25, 0.3) is 10.2 Å². The number of piperidine rings is 1. The molecule has 2 aliphatic rings. The molecule has 3 N–H and O–H groups in total. The molecule has 1 aliphatic heterocycles. The van der Waals surface area contributed by atoms with Gasteiger partial charge in [0.2, 0.25) is 0 Å². The van der Waals surface area contributed by atoms with Gasteiger partial charge < -0.3 is 10.5 Å². The molecule has 104 valence electrons. The van der Waals surface area contributed by atoms with Gasteiger partial charge in [-0.05, 0) is 19.3 Å². The number of nitrogens with two attached hydrogens (primary N) is 1. The van der Waals surface area contributed by atoms with Gasteiger partial charge in [-0.2, -0.15) is 17.4 Å². The molecule has 0 aromatic rings. The molecular weight excluding hydrogens is 258 g/mol. The van der Waals surface area contributed by atoms with Crippen LogP contribution in [0.3, 0.4) is 0 Å². The van der Waals surface area contributed by atoms with Crippen LogP contribution in [0.4, 0.5) is 0 Å². The molecule has 2 atom stereocenters. The molecule has 0 bridgehead atoms. The van der Waals surface area contributed by atoms with Crippen LogP contribution in [0.25, 0.3) is 0 Å². The molecule has 0 aromatic heterocycles. The highest BCUT2D eigenvalue weighted by molar-refractivity contribution is 7.87. The number of carbonyl (C=O) groups is 1. The minimum atomic E-state index is -3.46. The van der Waals surface area contributed by atoms with E-state index in [1.54, 1.807) is 0 Å². The van der Waals surface area contributed by atoms with Crippen molar-refractivity contribution in [1.82, 2.24) is 9.03 Å². The Kier molecular flexibility index (Phi) is 3.90. The zero-order valence-corrected chi connectivity index (χ0v) is 11.1. The smallest absolute Gasteiger partial charge is 0.308 e. The van der Waals surface area contributed by atoms with Crippen molar-refractivity contribution in [3.05, 3.63) is 0 Å². The van der Waals surface area contributed by atoms with Crippen molar-refractivity contribution in [1.29, 1.82) is 0 Å². The molecule has 0 aromatic carbocycles. The molecular formula is C10H19N3O4S. The van der Waals surface area contributed by atoms with Gasteiger partial charge >= 0.3 is 5.97 Å². The normalized spacial score (nSPS) is 30.1. The third-order valence-electron chi connectivity index (χ3n) is 3.47. The van der Waals surface area contributed by atoms with E-state index in [9.17, 15) is 13.2 Å². The van der Waals surface area contributed by atoms with Gasteiger partial charge in [-0.25, -0.2) is 0 Å². The van der Waals surface area contributed by atoms with Gasteiger partial charge in [0.15, 0.2) is 0 Å². The number of nitrogens with zero attached hydrogens (tertiary/aromatic N) is 1. The number of methoxy groups -OCH3 is 1. The van der Waals surface area contributed by atoms with Crippen LogP contribution in [0, 0.1) is 5.92 Å². The van der Waals surface area contributed by atoms with Crippen LogP contribution in [-0.2, 0) is 19.7 Å². The summed E-state index contributed by atoms with van der Waals surface area (Å²) in [6, 6.07) is -0.194. The minimum Gasteiger partial charge on any atom is -0.469 e. The number of rotatable bonds is 4. The second kappa shape index (κ2) is 5.12. The summed E-state index contributed by atoms with van der Waals surface area (Å²) in [6.45, 7) is 0.689. The molecule has 1 aliphatic carbocycles. The quantitative estimate of drug-likeness (QED) is 0.629. The number of ether oxygens (including phenoxy) is 1. The first kappa shape index (κ1) is 13.7. The monoisotopic (exact) mass is 277 g/mol. The third kappa shape index (κ3) is 3.00. The standard InChI is InChI=1S/C10H19N3O4S/c1-17-10(14)7-2-4-13(5-3-7)18(15,16)12-9-6-8(9)11/h7-9,12H,2-6,11H2,1H3. The van der Waals surface area contributed by atoms with E-state index in [0.29, 0.717) is 32.4 Å². The Balaban J connectivity index is 1.87. The Morgan fingerprint density at radius 1 is 1.39 bits per heavy atom. The summed E-state index contributed by atoms with van der Waals surface area (Å²) < 4.78 is 32.5. The van der Waals surface area contributed by atoms with Gasteiger partial charge in [0.05, 0.1) is 13.0 Å². The average molecular weight is 277 g/mol. The second-order valence-corrected chi connectivity index (χ2v) is 6.53. The zero-order valence-electron chi connectivity index (χ0n) is 10.3. The molecule has 1 heterocycles. The molecule has 7 nitrogen and oxygen atoms in total. The molecule has 8 heteroatoms. The van der Waals surface area contributed by atoms with E-state index in [-0.39, 0.29) is 24.0 Å². The predicted molar refractivity (Wildman–Crippen MR) is 64.7 cm³/mol. The van der Waals surface area contributed by atoms with Crippen LogP contribution in [0.1, 0.15) is 19.3 Å². The molecule has 1 saturated carbocycles. The van der Waals surface area contributed by atoms with Crippen molar-refractivity contribution >= 4 is 16.2 Å². The summed E-state index contributed by atoms with van der Waals surface area (Å²) in [7, 11) is -2.11. The molecule has 1 saturated heterocycles. The minimum absolute atomic E-state index is 0.0626. The first-order chi connectivity index (χ1) is 8.44. The zero-order chi connectivity index (χ0) is 13.3. The van der Waals surface area contributed by atoms with E-state index in [1.807, 2.05) is 0 Å². The fourth-order valence-corrected chi connectivity index (χ4v) is 3.61. The van der Waals surface area contributed by atoms with Gasteiger partial charge in [0, 0.05) is 25.2 Å². The Bertz CT molecular complexity index is 417. The Morgan fingerprint density at radius 3 is 2.39 bits per heavy atom. The van der Waals surface area contributed by atoms with Crippen molar-refractivity contribution in [2.24, 2.45) is 11.7 Å². The third-order valence-corrected chi connectivity index (χ3v) is 5.11. The van der Waals surface area contributed by atoms with Crippen molar-refractivity contribution in [3.8, 4) is 0 Å². The highest BCUT2D eigenvalue weighted by Crippen LogP contribution is 2.23. The largest absolute Gasteiger partial charge is 0.469 e. The fraction of sp³-hybridized carbons (Fsp3) is 0.900. The van der Waals surface area contributed by atoms with E-state index in [1.165, 1.54) is 11.4 Å². The Morgan fingerprint density at radius 2 is 1.94 bits per heavy atom.